The number of rotatable bonds is 5. The van der Waals surface area contributed by atoms with Crippen molar-refractivity contribution < 1.29 is 14.7 Å². The maximum Gasteiger partial charge on any atom is 0.342 e. The first-order valence-electron chi connectivity index (χ1n) is 8.93. The molecule has 1 heterocycles. The van der Waals surface area contributed by atoms with E-state index in [1.807, 2.05) is 13.0 Å². The van der Waals surface area contributed by atoms with Crippen LogP contribution in [0.15, 0.2) is 24.3 Å². The number of hydrogen-bond acceptors (Lipinski definition) is 4. The second kappa shape index (κ2) is 7.19. The monoisotopic (exact) mass is 356 g/mol. The molecule has 2 aromatic rings. The van der Waals surface area contributed by atoms with Gasteiger partial charge in [-0.2, -0.15) is 9.78 Å². The molecular formula is C19H24N4O3. The van der Waals surface area contributed by atoms with Gasteiger partial charge in [0.2, 0.25) is 5.91 Å². The first-order valence-corrected chi connectivity index (χ1v) is 8.93. The van der Waals surface area contributed by atoms with Crippen LogP contribution in [0, 0.1) is 5.92 Å². The van der Waals surface area contributed by atoms with Crippen LogP contribution in [0.3, 0.4) is 0 Å². The molecule has 1 aromatic carbocycles. The third-order valence-corrected chi connectivity index (χ3v) is 4.32. The molecule has 0 aliphatic heterocycles. The van der Waals surface area contributed by atoms with Crippen LogP contribution in [0.25, 0.3) is 11.3 Å². The maximum absolute atomic E-state index is 12.2. The van der Waals surface area contributed by atoms with E-state index < -0.39 is 0 Å². The summed E-state index contributed by atoms with van der Waals surface area (Å²) in [4.78, 5) is 24.0. The lowest BCUT2D eigenvalue weighted by Gasteiger charge is -2.09. The van der Waals surface area contributed by atoms with E-state index in [1.54, 1.807) is 26.0 Å². The summed E-state index contributed by atoms with van der Waals surface area (Å²) in [7, 11) is 0. The van der Waals surface area contributed by atoms with Crippen LogP contribution in [0.5, 0.6) is 5.75 Å². The number of phenols is 1. The average molecular weight is 356 g/mol. The molecule has 1 aliphatic rings. The standard InChI is InChI=1S/C19H24N4O3/c1-4-20-19(26)23-16(12-5-6-12)10-15(22-23)14-8-7-13(9-17(14)24)21-18(25)11(2)3/h7-12,24H,4-6H2,1-3H3,(H,20,26)(H,21,25). The van der Waals surface area contributed by atoms with Crippen LogP contribution in [0.4, 0.5) is 10.5 Å². The summed E-state index contributed by atoms with van der Waals surface area (Å²) >= 11 is 0. The van der Waals surface area contributed by atoms with Gasteiger partial charge in [0.05, 0.1) is 11.4 Å². The van der Waals surface area contributed by atoms with Crippen molar-refractivity contribution in [2.45, 2.75) is 39.5 Å². The summed E-state index contributed by atoms with van der Waals surface area (Å²) in [5.74, 6) is 0.0828. The highest BCUT2D eigenvalue weighted by Gasteiger charge is 2.30. The Hall–Kier alpha value is -2.83. The Morgan fingerprint density at radius 3 is 2.62 bits per heavy atom. The highest BCUT2D eigenvalue weighted by atomic mass is 16.3. The van der Waals surface area contributed by atoms with E-state index in [2.05, 4.69) is 15.7 Å². The Bertz CT molecular complexity index is 837. The predicted molar refractivity (Wildman–Crippen MR) is 99.2 cm³/mol. The number of amides is 2. The number of carbonyl (C=O) groups excluding carboxylic acids is 2. The van der Waals surface area contributed by atoms with Gasteiger partial charge in [0.25, 0.3) is 0 Å². The Labute approximate surface area is 152 Å². The fourth-order valence-electron chi connectivity index (χ4n) is 2.70. The second-order valence-electron chi connectivity index (χ2n) is 6.85. The number of hydrogen-bond donors (Lipinski definition) is 3. The first kappa shape index (κ1) is 18.0. The van der Waals surface area contributed by atoms with Crippen molar-refractivity contribution in [3.05, 3.63) is 30.0 Å². The van der Waals surface area contributed by atoms with Gasteiger partial charge in [-0.25, -0.2) is 4.79 Å². The minimum atomic E-state index is -0.263. The Balaban J connectivity index is 1.90. The SMILES string of the molecule is CCNC(=O)n1nc(-c2ccc(NC(=O)C(C)C)cc2O)cc1C1CC1. The van der Waals surface area contributed by atoms with Gasteiger partial charge >= 0.3 is 6.03 Å². The van der Waals surface area contributed by atoms with Crippen LogP contribution < -0.4 is 10.6 Å². The van der Waals surface area contributed by atoms with E-state index in [9.17, 15) is 14.7 Å². The highest BCUT2D eigenvalue weighted by molar-refractivity contribution is 5.92. The van der Waals surface area contributed by atoms with Gasteiger partial charge in [-0.1, -0.05) is 13.8 Å². The molecule has 26 heavy (non-hydrogen) atoms. The first-order chi connectivity index (χ1) is 12.4. The van der Waals surface area contributed by atoms with Crippen LogP contribution in [0.2, 0.25) is 0 Å². The average Bonchev–Trinajstić information content (AvgIpc) is 3.34. The molecule has 0 radical (unpaired) electrons. The molecule has 1 saturated carbocycles. The van der Waals surface area contributed by atoms with Crippen LogP contribution in [-0.2, 0) is 4.79 Å². The Morgan fingerprint density at radius 1 is 1.31 bits per heavy atom. The number of aromatic nitrogens is 2. The van der Waals surface area contributed by atoms with Crippen molar-refractivity contribution in [2.24, 2.45) is 5.92 Å². The minimum Gasteiger partial charge on any atom is -0.507 e. The molecule has 7 heteroatoms. The molecular weight excluding hydrogens is 332 g/mol. The van der Waals surface area contributed by atoms with Gasteiger partial charge in [-0.15, -0.1) is 0 Å². The maximum atomic E-state index is 12.2. The number of nitrogens with one attached hydrogen (secondary N) is 2. The van der Waals surface area contributed by atoms with Crippen LogP contribution in [0.1, 0.15) is 45.2 Å². The zero-order chi connectivity index (χ0) is 18.8. The number of carbonyl (C=O) groups is 2. The third kappa shape index (κ3) is 3.71. The fraction of sp³-hybridized carbons (Fsp3) is 0.421. The quantitative estimate of drug-likeness (QED) is 0.766. The smallest absolute Gasteiger partial charge is 0.342 e. The molecule has 1 aromatic heterocycles. The van der Waals surface area contributed by atoms with Crippen molar-refractivity contribution >= 4 is 17.6 Å². The summed E-state index contributed by atoms with van der Waals surface area (Å²) in [5.41, 5.74) is 2.45. The van der Waals surface area contributed by atoms with Gasteiger partial charge in [-0.05, 0) is 38.0 Å². The molecule has 2 amide bonds. The number of aromatic hydroxyl groups is 1. The van der Waals surface area contributed by atoms with Crippen molar-refractivity contribution in [3.8, 4) is 17.0 Å². The molecule has 0 unspecified atom stereocenters. The molecule has 3 rings (SSSR count). The zero-order valence-corrected chi connectivity index (χ0v) is 15.2. The van der Waals surface area contributed by atoms with Gasteiger partial charge < -0.3 is 15.7 Å². The Kier molecular flexibility index (Phi) is 4.97. The van der Waals surface area contributed by atoms with E-state index in [0.29, 0.717) is 29.4 Å². The molecule has 138 valence electrons. The summed E-state index contributed by atoms with van der Waals surface area (Å²) < 4.78 is 1.39. The number of anilines is 1. The Morgan fingerprint density at radius 2 is 2.04 bits per heavy atom. The van der Waals surface area contributed by atoms with Gasteiger partial charge in [0.15, 0.2) is 0 Å². The van der Waals surface area contributed by atoms with Gasteiger partial charge in [0, 0.05) is 35.7 Å². The topological polar surface area (TPSA) is 96.3 Å². The predicted octanol–water partition coefficient (Wildman–Crippen LogP) is 3.31. The van der Waals surface area contributed by atoms with E-state index in [0.717, 1.165) is 18.5 Å². The number of benzene rings is 1. The van der Waals surface area contributed by atoms with Crippen molar-refractivity contribution in [1.29, 1.82) is 0 Å². The molecule has 0 spiro atoms. The lowest BCUT2D eigenvalue weighted by Crippen LogP contribution is -2.30. The molecule has 7 nitrogen and oxygen atoms in total. The van der Waals surface area contributed by atoms with Gasteiger partial charge in [-0.3, -0.25) is 4.79 Å². The van der Waals surface area contributed by atoms with Crippen molar-refractivity contribution in [1.82, 2.24) is 15.1 Å². The molecule has 1 aliphatic carbocycles. The van der Waals surface area contributed by atoms with Gasteiger partial charge in [0.1, 0.15) is 5.75 Å². The number of phenolic OH excluding ortho intramolecular Hbond substituents is 1. The summed E-state index contributed by atoms with van der Waals surface area (Å²) in [5, 5.41) is 20.3. The van der Waals surface area contributed by atoms with Crippen LogP contribution >= 0.6 is 0 Å². The molecule has 0 saturated heterocycles. The third-order valence-electron chi connectivity index (χ3n) is 4.32. The van der Waals surface area contributed by atoms with Crippen molar-refractivity contribution in [3.63, 3.8) is 0 Å². The van der Waals surface area contributed by atoms with E-state index in [1.165, 1.54) is 10.7 Å². The highest BCUT2D eigenvalue weighted by Crippen LogP contribution is 2.42. The normalized spacial score (nSPS) is 13.7. The molecule has 0 atom stereocenters. The lowest BCUT2D eigenvalue weighted by atomic mass is 10.1. The second-order valence-corrected chi connectivity index (χ2v) is 6.85. The fourth-order valence-corrected chi connectivity index (χ4v) is 2.70. The minimum absolute atomic E-state index is 0.00875. The summed E-state index contributed by atoms with van der Waals surface area (Å²) in [6.07, 6.45) is 2.08. The molecule has 0 bridgehead atoms. The van der Waals surface area contributed by atoms with E-state index >= 15 is 0 Å². The zero-order valence-electron chi connectivity index (χ0n) is 15.2. The van der Waals surface area contributed by atoms with Crippen molar-refractivity contribution in [2.75, 3.05) is 11.9 Å². The number of nitrogens with zero attached hydrogens (tertiary/aromatic N) is 2. The summed E-state index contributed by atoms with van der Waals surface area (Å²) in [6.45, 7) is 5.98. The molecule has 3 N–H and O–H groups in total. The van der Waals surface area contributed by atoms with E-state index in [4.69, 9.17) is 0 Å². The largest absolute Gasteiger partial charge is 0.507 e. The molecule has 1 fully saturated rings. The lowest BCUT2D eigenvalue weighted by molar-refractivity contribution is -0.118. The summed E-state index contributed by atoms with van der Waals surface area (Å²) in [6, 6.07) is 6.51. The van der Waals surface area contributed by atoms with Crippen LogP contribution in [-0.4, -0.2) is 33.4 Å². The van der Waals surface area contributed by atoms with E-state index in [-0.39, 0.29) is 23.6 Å².